The number of nitrogens with zero attached hydrogens (tertiary/aromatic N) is 1. The van der Waals surface area contributed by atoms with Crippen LogP contribution in [0.4, 0.5) is 0 Å². The van der Waals surface area contributed by atoms with E-state index in [-0.39, 0.29) is 5.60 Å². The maximum absolute atomic E-state index is 10.2. The second-order valence-electron chi connectivity index (χ2n) is 5.93. The van der Waals surface area contributed by atoms with Crippen LogP contribution in [0.5, 0.6) is 11.5 Å². The summed E-state index contributed by atoms with van der Waals surface area (Å²) in [5.74, 6) is 1.43. The number of rotatable bonds is 3. The molecule has 4 heteroatoms. The summed E-state index contributed by atoms with van der Waals surface area (Å²) in [5.41, 5.74) is 1.52. The summed E-state index contributed by atoms with van der Waals surface area (Å²) in [6.45, 7) is 4.43. The van der Waals surface area contributed by atoms with E-state index in [4.69, 9.17) is 9.47 Å². The number of pyridine rings is 1. The highest BCUT2D eigenvalue weighted by molar-refractivity contribution is 5.43. The summed E-state index contributed by atoms with van der Waals surface area (Å²) >= 11 is 0. The molecule has 1 N–H and O–H groups in total. The van der Waals surface area contributed by atoms with Crippen LogP contribution in [0.25, 0.3) is 0 Å². The van der Waals surface area contributed by atoms with E-state index in [1.807, 2.05) is 44.2 Å². The van der Waals surface area contributed by atoms with Crippen LogP contribution in [-0.4, -0.2) is 15.7 Å². The molecule has 0 saturated carbocycles. The number of benzene rings is 1. The molecule has 0 spiro atoms. The third-order valence-corrected chi connectivity index (χ3v) is 3.57. The Bertz CT molecular complexity index is 625. The third kappa shape index (κ3) is 3.16. The van der Waals surface area contributed by atoms with Crippen molar-refractivity contribution in [2.45, 2.75) is 38.6 Å². The lowest BCUT2D eigenvalue weighted by atomic mass is 9.92. The summed E-state index contributed by atoms with van der Waals surface area (Å²) in [7, 11) is 0. The molecule has 0 amide bonds. The van der Waals surface area contributed by atoms with Crippen molar-refractivity contribution in [1.29, 1.82) is 0 Å². The van der Waals surface area contributed by atoms with E-state index in [0.717, 1.165) is 16.9 Å². The van der Waals surface area contributed by atoms with Gasteiger partial charge in [0.2, 0.25) is 0 Å². The van der Waals surface area contributed by atoms with Gasteiger partial charge in [0, 0.05) is 30.4 Å². The van der Waals surface area contributed by atoms with Gasteiger partial charge in [-0.15, -0.1) is 0 Å². The van der Waals surface area contributed by atoms with Crippen molar-refractivity contribution in [1.82, 2.24) is 4.98 Å². The third-order valence-electron chi connectivity index (χ3n) is 3.57. The van der Waals surface area contributed by atoms with Gasteiger partial charge in [-0.05, 0) is 43.7 Å². The zero-order valence-corrected chi connectivity index (χ0v) is 12.2. The number of aliphatic hydroxyl groups excluding tert-OH is 1. The van der Waals surface area contributed by atoms with Crippen LogP contribution in [0.1, 0.15) is 37.5 Å². The van der Waals surface area contributed by atoms with Crippen LogP contribution in [0.3, 0.4) is 0 Å². The molecule has 1 aromatic heterocycles. The maximum Gasteiger partial charge on any atom is 0.129 e. The fourth-order valence-corrected chi connectivity index (χ4v) is 2.53. The van der Waals surface area contributed by atoms with E-state index in [1.54, 1.807) is 12.4 Å². The Balaban J connectivity index is 1.77. The lowest BCUT2D eigenvalue weighted by molar-refractivity contribution is 0.0113. The van der Waals surface area contributed by atoms with Gasteiger partial charge in [-0.3, -0.25) is 4.98 Å². The van der Waals surface area contributed by atoms with Gasteiger partial charge in [0.25, 0.3) is 0 Å². The van der Waals surface area contributed by atoms with Crippen LogP contribution in [0.15, 0.2) is 42.7 Å². The van der Waals surface area contributed by atoms with E-state index in [1.165, 1.54) is 0 Å². The molecule has 4 nitrogen and oxygen atoms in total. The zero-order chi connectivity index (χ0) is 14.9. The molecule has 1 aliphatic rings. The van der Waals surface area contributed by atoms with E-state index in [2.05, 4.69) is 4.98 Å². The minimum atomic E-state index is -0.488. The largest absolute Gasteiger partial charge is 0.489 e. The van der Waals surface area contributed by atoms with Gasteiger partial charge >= 0.3 is 0 Å². The summed E-state index contributed by atoms with van der Waals surface area (Å²) < 4.78 is 11.7. The Hall–Kier alpha value is -2.07. The Morgan fingerprint density at radius 1 is 1.29 bits per heavy atom. The number of hydrogen-bond acceptors (Lipinski definition) is 4. The average molecular weight is 285 g/mol. The lowest BCUT2D eigenvalue weighted by Gasteiger charge is -2.35. The van der Waals surface area contributed by atoms with Gasteiger partial charge in [0.15, 0.2) is 0 Å². The van der Waals surface area contributed by atoms with Crippen molar-refractivity contribution in [3.8, 4) is 11.5 Å². The predicted molar refractivity (Wildman–Crippen MR) is 79.3 cm³/mol. The minimum Gasteiger partial charge on any atom is -0.489 e. The summed E-state index contributed by atoms with van der Waals surface area (Å²) in [6, 6.07) is 9.42. The van der Waals surface area contributed by atoms with E-state index < -0.39 is 6.10 Å². The number of aromatic nitrogens is 1. The number of aliphatic hydroxyl groups is 1. The summed E-state index contributed by atoms with van der Waals surface area (Å²) in [4.78, 5) is 3.98. The van der Waals surface area contributed by atoms with Crippen molar-refractivity contribution in [2.75, 3.05) is 0 Å². The highest BCUT2D eigenvalue weighted by Gasteiger charge is 2.32. The first kappa shape index (κ1) is 13.9. The van der Waals surface area contributed by atoms with E-state index in [9.17, 15) is 5.11 Å². The second kappa shape index (κ2) is 5.37. The Morgan fingerprint density at radius 3 is 2.81 bits per heavy atom. The average Bonchev–Trinajstić information content (AvgIpc) is 2.44. The van der Waals surface area contributed by atoms with Crippen LogP contribution >= 0.6 is 0 Å². The molecule has 1 aliphatic heterocycles. The van der Waals surface area contributed by atoms with Crippen molar-refractivity contribution in [3.05, 3.63) is 53.9 Å². The van der Waals surface area contributed by atoms with Crippen LogP contribution in [0, 0.1) is 0 Å². The van der Waals surface area contributed by atoms with Gasteiger partial charge in [-0.2, -0.15) is 0 Å². The molecule has 0 bridgehead atoms. The molecule has 21 heavy (non-hydrogen) atoms. The highest BCUT2D eigenvalue weighted by Crippen LogP contribution is 2.41. The van der Waals surface area contributed by atoms with Gasteiger partial charge in [-0.1, -0.05) is 0 Å². The fourth-order valence-electron chi connectivity index (χ4n) is 2.53. The SMILES string of the molecule is CC1(C)CC(O)c2ccc(OCc3ccncc3)cc2O1. The first-order valence-electron chi connectivity index (χ1n) is 7.06. The highest BCUT2D eigenvalue weighted by atomic mass is 16.5. The monoisotopic (exact) mass is 285 g/mol. The molecule has 0 radical (unpaired) electrons. The molecule has 1 unspecified atom stereocenters. The second-order valence-corrected chi connectivity index (χ2v) is 5.93. The van der Waals surface area contributed by atoms with Crippen molar-refractivity contribution < 1.29 is 14.6 Å². The number of ether oxygens (including phenoxy) is 2. The Morgan fingerprint density at radius 2 is 2.05 bits per heavy atom. The van der Waals surface area contributed by atoms with E-state index >= 15 is 0 Å². The molecule has 2 aromatic rings. The number of hydrogen-bond donors (Lipinski definition) is 1. The molecule has 110 valence electrons. The van der Waals surface area contributed by atoms with Gasteiger partial charge in [0.05, 0.1) is 6.10 Å². The fraction of sp³-hybridized carbons (Fsp3) is 0.353. The standard InChI is InChI=1S/C17H19NO3/c1-17(2)10-15(19)14-4-3-13(9-16(14)21-17)20-11-12-5-7-18-8-6-12/h3-9,15,19H,10-11H2,1-2H3. The first-order chi connectivity index (χ1) is 10.0. The lowest BCUT2D eigenvalue weighted by Crippen LogP contribution is -2.34. The molecular formula is C17H19NO3. The molecule has 0 saturated heterocycles. The molecular weight excluding hydrogens is 266 g/mol. The predicted octanol–water partition coefficient (Wildman–Crippen LogP) is 3.26. The van der Waals surface area contributed by atoms with Crippen LogP contribution < -0.4 is 9.47 Å². The van der Waals surface area contributed by atoms with Crippen molar-refractivity contribution in [2.24, 2.45) is 0 Å². The Labute approximate surface area is 124 Å². The molecule has 0 aliphatic carbocycles. The van der Waals surface area contributed by atoms with Crippen molar-refractivity contribution in [3.63, 3.8) is 0 Å². The zero-order valence-electron chi connectivity index (χ0n) is 12.2. The topological polar surface area (TPSA) is 51.6 Å². The normalized spacial score (nSPS) is 19.5. The number of fused-ring (bicyclic) bond motifs is 1. The quantitative estimate of drug-likeness (QED) is 0.940. The van der Waals surface area contributed by atoms with Crippen LogP contribution in [-0.2, 0) is 6.61 Å². The summed E-state index contributed by atoms with van der Waals surface area (Å²) in [6.07, 6.45) is 3.59. The smallest absolute Gasteiger partial charge is 0.129 e. The van der Waals surface area contributed by atoms with Gasteiger partial charge in [0.1, 0.15) is 23.7 Å². The summed E-state index contributed by atoms with van der Waals surface area (Å²) in [5, 5.41) is 10.2. The minimum absolute atomic E-state index is 0.365. The van der Waals surface area contributed by atoms with Crippen molar-refractivity contribution >= 4 is 0 Å². The van der Waals surface area contributed by atoms with Gasteiger partial charge < -0.3 is 14.6 Å². The first-order valence-corrected chi connectivity index (χ1v) is 7.06. The van der Waals surface area contributed by atoms with Gasteiger partial charge in [-0.25, -0.2) is 0 Å². The molecule has 3 rings (SSSR count). The molecule has 1 atom stereocenters. The van der Waals surface area contributed by atoms with Crippen LogP contribution in [0.2, 0.25) is 0 Å². The maximum atomic E-state index is 10.2. The molecule has 1 aromatic carbocycles. The Kier molecular flexibility index (Phi) is 3.55. The van der Waals surface area contributed by atoms with E-state index in [0.29, 0.717) is 18.8 Å². The molecule has 0 fully saturated rings. The molecule has 2 heterocycles.